The van der Waals surface area contributed by atoms with Crippen LogP contribution in [0.5, 0.6) is 0 Å². The van der Waals surface area contributed by atoms with E-state index in [2.05, 4.69) is 5.32 Å². The van der Waals surface area contributed by atoms with Gasteiger partial charge in [-0.25, -0.2) is 8.42 Å². The molecule has 0 bridgehead atoms. The number of hydrogen-bond donors (Lipinski definition) is 1. The number of rotatable bonds is 10. The van der Waals surface area contributed by atoms with Crippen molar-refractivity contribution in [3.05, 3.63) is 64.7 Å². The van der Waals surface area contributed by atoms with Crippen LogP contribution in [0, 0.1) is 0 Å². The number of sulfonamides is 1. The Kier molecular flexibility index (Phi) is 9.78. The maximum absolute atomic E-state index is 13.4. The van der Waals surface area contributed by atoms with Crippen LogP contribution in [-0.2, 0) is 32.3 Å². The minimum Gasteiger partial charge on any atom is -0.352 e. The van der Waals surface area contributed by atoms with Crippen molar-refractivity contribution < 1.29 is 31.2 Å². The zero-order chi connectivity index (χ0) is 27.3. The minimum atomic E-state index is -4.70. The van der Waals surface area contributed by atoms with Crippen LogP contribution < -0.4 is 9.62 Å². The van der Waals surface area contributed by atoms with Gasteiger partial charge in [0.1, 0.15) is 12.6 Å². The Morgan fingerprint density at radius 3 is 2.28 bits per heavy atom. The van der Waals surface area contributed by atoms with Crippen LogP contribution in [0.1, 0.15) is 38.3 Å². The van der Waals surface area contributed by atoms with Crippen molar-refractivity contribution in [3.8, 4) is 0 Å². The van der Waals surface area contributed by atoms with Gasteiger partial charge in [0.05, 0.1) is 17.5 Å². The molecule has 0 saturated heterocycles. The average Bonchev–Trinajstić information content (AvgIpc) is 2.79. The largest absolute Gasteiger partial charge is 0.416 e. The van der Waals surface area contributed by atoms with E-state index in [1.165, 1.54) is 17.9 Å². The molecule has 2 aromatic carbocycles. The molecule has 2 atom stereocenters. The quantitative estimate of drug-likeness (QED) is 0.476. The molecule has 0 fully saturated rings. The molecule has 2 aromatic rings. The van der Waals surface area contributed by atoms with Gasteiger partial charge in [-0.15, -0.1) is 0 Å². The van der Waals surface area contributed by atoms with Crippen LogP contribution in [0.15, 0.2) is 48.5 Å². The van der Waals surface area contributed by atoms with Crippen LogP contribution in [0.2, 0.25) is 5.02 Å². The van der Waals surface area contributed by atoms with Gasteiger partial charge < -0.3 is 10.2 Å². The topological polar surface area (TPSA) is 86.8 Å². The average molecular weight is 548 g/mol. The van der Waals surface area contributed by atoms with Crippen LogP contribution in [0.25, 0.3) is 0 Å². The normalized spacial score (nSPS) is 13.6. The second-order valence-corrected chi connectivity index (χ2v) is 10.8. The molecule has 0 aliphatic heterocycles. The highest BCUT2D eigenvalue weighted by molar-refractivity contribution is 7.92. The number of alkyl halides is 3. The molecule has 0 unspecified atom stereocenters. The van der Waals surface area contributed by atoms with E-state index in [0.717, 1.165) is 18.4 Å². The molecule has 1 N–H and O–H groups in total. The van der Waals surface area contributed by atoms with E-state index < -0.39 is 46.2 Å². The molecule has 36 heavy (non-hydrogen) atoms. The SMILES string of the molecule is CC[C@H](C)NC(=O)[C@@H](C)N(Cc1cccc(Cl)c1)C(=O)CN(c1cccc(C(F)(F)F)c1)S(C)(=O)=O. The third kappa shape index (κ3) is 8.12. The van der Waals surface area contributed by atoms with Crippen molar-refractivity contribution in [1.29, 1.82) is 0 Å². The molecule has 0 aliphatic carbocycles. The fourth-order valence-electron chi connectivity index (χ4n) is 3.33. The molecule has 0 aromatic heterocycles. The summed E-state index contributed by atoms with van der Waals surface area (Å²) in [6.45, 7) is 4.29. The summed E-state index contributed by atoms with van der Waals surface area (Å²) in [6, 6.07) is 9.11. The number of carbonyl (C=O) groups is 2. The summed E-state index contributed by atoms with van der Waals surface area (Å²) in [6.07, 6.45) is -3.26. The smallest absolute Gasteiger partial charge is 0.352 e. The summed E-state index contributed by atoms with van der Waals surface area (Å²) in [4.78, 5) is 27.4. The van der Waals surface area contributed by atoms with E-state index in [4.69, 9.17) is 11.6 Å². The van der Waals surface area contributed by atoms with E-state index in [9.17, 15) is 31.2 Å². The van der Waals surface area contributed by atoms with Crippen LogP contribution in [0.3, 0.4) is 0 Å². The molecule has 0 radical (unpaired) electrons. The summed E-state index contributed by atoms with van der Waals surface area (Å²) in [5.74, 6) is -1.23. The van der Waals surface area contributed by atoms with Gasteiger partial charge in [0.25, 0.3) is 0 Å². The summed E-state index contributed by atoms with van der Waals surface area (Å²) in [7, 11) is -4.16. The van der Waals surface area contributed by atoms with Crippen LogP contribution in [0.4, 0.5) is 18.9 Å². The minimum absolute atomic E-state index is 0.0747. The predicted octanol–water partition coefficient (Wildman–Crippen LogP) is 4.46. The Hall–Kier alpha value is -2.79. The summed E-state index contributed by atoms with van der Waals surface area (Å²) in [5, 5.41) is 3.19. The van der Waals surface area contributed by atoms with Crippen molar-refractivity contribution in [2.45, 2.75) is 52.0 Å². The fraction of sp³-hybridized carbons (Fsp3) is 0.417. The number of nitrogens with zero attached hydrogens (tertiary/aromatic N) is 2. The standard InChI is InChI=1S/C24H29ClF3N3O4S/c1-5-16(2)29-23(33)17(3)30(14-18-8-6-10-20(25)12-18)22(32)15-31(36(4,34)35)21-11-7-9-19(13-21)24(26,27)28/h6-13,16-17H,5,14-15H2,1-4H3,(H,29,33)/t16-,17+/m0/s1. The Morgan fingerprint density at radius 1 is 1.08 bits per heavy atom. The molecule has 0 heterocycles. The third-order valence-electron chi connectivity index (χ3n) is 5.55. The summed E-state index contributed by atoms with van der Waals surface area (Å²) >= 11 is 6.05. The van der Waals surface area contributed by atoms with Gasteiger partial charge in [0.2, 0.25) is 21.8 Å². The molecule has 198 valence electrons. The number of benzene rings is 2. The zero-order valence-corrected chi connectivity index (χ0v) is 21.9. The Bertz CT molecular complexity index is 1190. The molecule has 12 heteroatoms. The first-order valence-electron chi connectivity index (χ1n) is 11.1. The van der Waals surface area contributed by atoms with Gasteiger partial charge in [-0.2, -0.15) is 13.2 Å². The number of halogens is 4. The molecule has 0 spiro atoms. The van der Waals surface area contributed by atoms with Crippen molar-refractivity contribution in [3.63, 3.8) is 0 Å². The Morgan fingerprint density at radius 2 is 1.72 bits per heavy atom. The lowest BCUT2D eigenvalue weighted by Gasteiger charge is -2.32. The Balaban J connectivity index is 2.44. The fourth-order valence-corrected chi connectivity index (χ4v) is 4.39. The third-order valence-corrected chi connectivity index (χ3v) is 6.93. The van der Waals surface area contributed by atoms with Crippen molar-refractivity contribution in [1.82, 2.24) is 10.2 Å². The zero-order valence-electron chi connectivity index (χ0n) is 20.3. The van der Waals surface area contributed by atoms with Gasteiger partial charge >= 0.3 is 6.18 Å². The number of nitrogens with one attached hydrogen (secondary N) is 1. The second-order valence-electron chi connectivity index (χ2n) is 8.46. The first kappa shape index (κ1) is 29.4. The van der Waals surface area contributed by atoms with Crippen molar-refractivity contribution in [2.75, 3.05) is 17.1 Å². The van der Waals surface area contributed by atoms with Crippen LogP contribution >= 0.6 is 11.6 Å². The lowest BCUT2D eigenvalue weighted by atomic mass is 10.1. The Labute approximate surface area is 214 Å². The molecule has 0 aliphatic rings. The van der Waals surface area contributed by atoms with E-state index >= 15 is 0 Å². The number of carbonyl (C=O) groups excluding carboxylic acids is 2. The number of anilines is 1. The lowest BCUT2D eigenvalue weighted by molar-refractivity contribution is -0.139. The van der Waals surface area contributed by atoms with E-state index in [-0.39, 0.29) is 18.3 Å². The summed E-state index contributed by atoms with van der Waals surface area (Å²) in [5.41, 5.74) is -0.790. The van der Waals surface area contributed by atoms with Crippen molar-refractivity contribution in [2.24, 2.45) is 0 Å². The highest BCUT2D eigenvalue weighted by atomic mass is 35.5. The van der Waals surface area contributed by atoms with Gasteiger partial charge in [-0.05, 0) is 56.2 Å². The van der Waals surface area contributed by atoms with Gasteiger partial charge in [-0.3, -0.25) is 13.9 Å². The molecular formula is C24H29ClF3N3O4S. The highest BCUT2D eigenvalue weighted by Gasteiger charge is 2.33. The molecule has 2 rings (SSSR count). The maximum Gasteiger partial charge on any atom is 0.416 e. The molecule has 2 amide bonds. The first-order chi connectivity index (χ1) is 16.6. The van der Waals surface area contributed by atoms with Gasteiger partial charge in [0.15, 0.2) is 0 Å². The number of amides is 2. The molecule has 7 nitrogen and oxygen atoms in total. The van der Waals surface area contributed by atoms with E-state index in [0.29, 0.717) is 27.4 Å². The second kappa shape index (κ2) is 12.0. The first-order valence-corrected chi connectivity index (χ1v) is 13.3. The predicted molar refractivity (Wildman–Crippen MR) is 133 cm³/mol. The number of hydrogen-bond acceptors (Lipinski definition) is 4. The monoisotopic (exact) mass is 547 g/mol. The lowest BCUT2D eigenvalue weighted by Crippen LogP contribution is -2.52. The van der Waals surface area contributed by atoms with Gasteiger partial charge in [0, 0.05) is 17.6 Å². The molecular weight excluding hydrogens is 519 g/mol. The summed E-state index contributed by atoms with van der Waals surface area (Å²) < 4.78 is 65.3. The molecule has 0 saturated carbocycles. The van der Waals surface area contributed by atoms with Gasteiger partial charge in [-0.1, -0.05) is 36.7 Å². The van der Waals surface area contributed by atoms with E-state index in [1.54, 1.807) is 31.2 Å². The highest BCUT2D eigenvalue weighted by Crippen LogP contribution is 2.32. The van der Waals surface area contributed by atoms with Crippen LogP contribution in [-0.4, -0.2) is 50.0 Å². The van der Waals surface area contributed by atoms with E-state index in [1.807, 2.05) is 6.92 Å². The maximum atomic E-state index is 13.4. The van der Waals surface area contributed by atoms with Crippen molar-refractivity contribution >= 4 is 39.1 Å².